The second-order valence-electron chi connectivity index (χ2n) is 8.43. The van der Waals surface area contributed by atoms with E-state index in [1.54, 1.807) is 36.4 Å². The van der Waals surface area contributed by atoms with Crippen molar-refractivity contribution in [3.05, 3.63) is 88.6 Å². The van der Waals surface area contributed by atoms with E-state index in [-0.39, 0.29) is 42.0 Å². The Balaban J connectivity index is 1.35. The van der Waals surface area contributed by atoms with Crippen molar-refractivity contribution < 1.29 is 26.8 Å². The first-order chi connectivity index (χ1) is 17.2. The first-order valence-corrected chi connectivity index (χ1v) is 13.3. The van der Waals surface area contributed by atoms with Gasteiger partial charge in [0.2, 0.25) is 15.9 Å². The van der Waals surface area contributed by atoms with Crippen molar-refractivity contribution in [3.8, 4) is 0 Å². The zero-order valence-corrected chi connectivity index (χ0v) is 20.8. The van der Waals surface area contributed by atoms with E-state index in [1.165, 1.54) is 28.8 Å². The predicted molar refractivity (Wildman–Crippen MR) is 133 cm³/mol. The maximum Gasteiger partial charge on any atom is 0.253 e. The molecule has 0 spiro atoms. The largest absolute Gasteiger partial charge is 0.467 e. The molecule has 8 nitrogen and oxygen atoms in total. The summed E-state index contributed by atoms with van der Waals surface area (Å²) in [5.74, 6) is -1.72. The van der Waals surface area contributed by atoms with Crippen LogP contribution < -0.4 is 10.6 Å². The topological polar surface area (TPSA) is 109 Å². The minimum absolute atomic E-state index is 0.0553. The van der Waals surface area contributed by atoms with Gasteiger partial charge >= 0.3 is 0 Å². The van der Waals surface area contributed by atoms with Crippen molar-refractivity contribution in [2.45, 2.75) is 25.1 Å². The Morgan fingerprint density at radius 1 is 1.06 bits per heavy atom. The number of piperidine rings is 1. The fraction of sp³-hybridized carbons (Fsp3) is 0.280. The molecule has 2 aromatic carbocycles. The number of furan rings is 1. The predicted octanol–water partition coefficient (Wildman–Crippen LogP) is 4.18. The van der Waals surface area contributed by atoms with E-state index >= 15 is 0 Å². The van der Waals surface area contributed by atoms with Crippen molar-refractivity contribution in [1.82, 2.24) is 9.62 Å². The molecule has 0 radical (unpaired) electrons. The Hall–Kier alpha value is -3.21. The summed E-state index contributed by atoms with van der Waals surface area (Å²) in [7, 11) is -3.82. The monoisotopic (exact) mass is 533 g/mol. The summed E-state index contributed by atoms with van der Waals surface area (Å²) < 4.78 is 46.2. The highest BCUT2D eigenvalue weighted by Crippen LogP contribution is 2.27. The van der Waals surface area contributed by atoms with Gasteiger partial charge in [0.25, 0.3) is 5.91 Å². The highest BCUT2D eigenvalue weighted by molar-refractivity contribution is 7.88. The summed E-state index contributed by atoms with van der Waals surface area (Å²) >= 11 is 5.99. The van der Waals surface area contributed by atoms with Gasteiger partial charge in [-0.15, -0.1) is 0 Å². The number of anilines is 1. The highest BCUT2D eigenvalue weighted by atomic mass is 35.5. The van der Waals surface area contributed by atoms with Crippen molar-refractivity contribution in [2.24, 2.45) is 5.92 Å². The fourth-order valence-corrected chi connectivity index (χ4v) is 5.96. The van der Waals surface area contributed by atoms with Crippen LogP contribution in [0.3, 0.4) is 0 Å². The lowest BCUT2D eigenvalue weighted by Crippen LogP contribution is -2.42. The molecule has 3 aromatic rings. The molecule has 2 heterocycles. The van der Waals surface area contributed by atoms with Crippen LogP contribution in [-0.2, 0) is 27.1 Å². The molecule has 1 saturated heterocycles. The Morgan fingerprint density at radius 2 is 1.81 bits per heavy atom. The summed E-state index contributed by atoms with van der Waals surface area (Å²) in [4.78, 5) is 25.6. The molecule has 0 atom stereocenters. The number of para-hydroxylation sites is 1. The van der Waals surface area contributed by atoms with Gasteiger partial charge in [-0.1, -0.05) is 29.8 Å². The quantitative estimate of drug-likeness (QED) is 0.451. The molecule has 0 unspecified atom stereocenters. The molecular weight excluding hydrogens is 509 g/mol. The van der Waals surface area contributed by atoms with Gasteiger partial charge in [-0.25, -0.2) is 17.1 Å². The van der Waals surface area contributed by atoms with Crippen molar-refractivity contribution in [2.75, 3.05) is 18.4 Å². The van der Waals surface area contributed by atoms with Gasteiger partial charge in [-0.05, 0) is 49.2 Å². The third kappa shape index (κ3) is 6.13. The van der Waals surface area contributed by atoms with E-state index in [4.69, 9.17) is 16.0 Å². The number of amides is 2. The number of carbonyl (C=O) groups excluding carboxylic acids is 2. The molecule has 1 aliphatic heterocycles. The normalized spacial score (nSPS) is 14.9. The van der Waals surface area contributed by atoms with Crippen molar-refractivity contribution >= 4 is 39.1 Å². The van der Waals surface area contributed by atoms with Gasteiger partial charge in [-0.3, -0.25) is 9.59 Å². The van der Waals surface area contributed by atoms with Crippen LogP contribution in [0.15, 0.2) is 65.3 Å². The van der Waals surface area contributed by atoms with Crippen LogP contribution in [0.1, 0.15) is 34.5 Å². The summed E-state index contributed by atoms with van der Waals surface area (Å²) in [6.45, 7) is 0.453. The van der Waals surface area contributed by atoms with E-state index in [2.05, 4.69) is 10.6 Å². The molecule has 4 rings (SSSR count). The second-order valence-corrected chi connectivity index (χ2v) is 10.8. The lowest BCUT2D eigenvalue weighted by molar-refractivity contribution is -0.120. The molecular formula is C25H25ClFN3O5S. The first kappa shape index (κ1) is 25.9. The summed E-state index contributed by atoms with van der Waals surface area (Å²) in [6, 6.07) is 14.1. The van der Waals surface area contributed by atoms with Crippen LogP contribution in [0.2, 0.25) is 5.02 Å². The number of rotatable bonds is 8. The molecule has 0 bridgehead atoms. The van der Waals surface area contributed by atoms with E-state index in [0.717, 1.165) is 0 Å². The summed E-state index contributed by atoms with van der Waals surface area (Å²) in [5.41, 5.74) is 0.601. The number of benzene rings is 2. The van der Waals surface area contributed by atoms with Gasteiger partial charge in [0.15, 0.2) is 0 Å². The molecule has 0 saturated carbocycles. The van der Waals surface area contributed by atoms with Gasteiger partial charge in [0.05, 0.1) is 29.8 Å². The van der Waals surface area contributed by atoms with Crippen LogP contribution >= 0.6 is 11.6 Å². The number of carbonyl (C=O) groups is 2. The van der Waals surface area contributed by atoms with Gasteiger partial charge < -0.3 is 15.1 Å². The van der Waals surface area contributed by atoms with Crippen molar-refractivity contribution in [3.63, 3.8) is 0 Å². The van der Waals surface area contributed by atoms with Crippen LogP contribution in [0.5, 0.6) is 0 Å². The number of halogens is 2. The fourth-order valence-electron chi connectivity index (χ4n) is 4.04. The SMILES string of the molecule is O=C(NCc1ccco1)c1ccccc1NC(=O)C1CCN(S(=O)(=O)Cc2c(F)cccc2Cl)CC1. The lowest BCUT2D eigenvalue weighted by atomic mass is 9.97. The smallest absolute Gasteiger partial charge is 0.253 e. The van der Waals surface area contributed by atoms with Gasteiger partial charge in [0.1, 0.15) is 11.6 Å². The van der Waals surface area contributed by atoms with Crippen LogP contribution in [-0.4, -0.2) is 37.6 Å². The number of hydrogen-bond acceptors (Lipinski definition) is 5. The standard InChI is InChI=1S/C25H25ClFN3O5S/c26-21-7-3-8-22(27)20(21)16-36(33,34)30-12-10-17(11-13-30)24(31)29-23-9-2-1-6-19(23)25(32)28-15-18-5-4-14-35-18/h1-9,14,17H,10-13,15-16H2,(H,28,32)(H,29,31). The average Bonchev–Trinajstić information content (AvgIpc) is 3.39. The van der Waals surface area contributed by atoms with Crippen LogP contribution in [0.4, 0.5) is 10.1 Å². The Kier molecular flexibility index (Phi) is 8.07. The highest BCUT2D eigenvalue weighted by Gasteiger charge is 2.32. The Morgan fingerprint density at radius 3 is 2.50 bits per heavy atom. The number of hydrogen-bond donors (Lipinski definition) is 2. The first-order valence-electron chi connectivity index (χ1n) is 11.4. The maximum absolute atomic E-state index is 14.1. The molecule has 1 aliphatic rings. The zero-order chi connectivity index (χ0) is 25.7. The van der Waals surface area contributed by atoms with E-state index in [1.807, 2.05) is 0 Å². The number of nitrogens with one attached hydrogen (secondary N) is 2. The second kappa shape index (κ2) is 11.2. The minimum atomic E-state index is -3.82. The third-order valence-corrected chi connectivity index (χ3v) is 8.20. The Labute approximate surface area is 213 Å². The summed E-state index contributed by atoms with van der Waals surface area (Å²) in [5, 5.41) is 5.61. The minimum Gasteiger partial charge on any atom is -0.467 e. The molecule has 1 fully saturated rings. The molecule has 2 N–H and O–H groups in total. The molecule has 1 aromatic heterocycles. The lowest BCUT2D eigenvalue weighted by Gasteiger charge is -2.30. The van der Waals surface area contributed by atoms with E-state index in [0.29, 0.717) is 29.9 Å². The summed E-state index contributed by atoms with van der Waals surface area (Å²) in [6.07, 6.45) is 2.10. The number of nitrogens with zero attached hydrogens (tertiary/aromatic N) is 1. The van der Waals surface area contributed by atoms with E-state index in [9.17, 15) is 22.4 Å². The average molecular weight is 534 g/mol. The van der Waals surface area contributed by atoms with Gasteiger partial charge in [-0.2, -0.15) is 0 Å². The molecule has 11 heteroatoms. The molecule has 36 heavy (non-hydrogen) atoms. The molecule has 0 aliphatic carbocycles. The molecule has 2 amide bonds. The number of sulfonamides is 1. The maximum atomic E-state index is 14.1. The Bertz CT molecular complexity index is 1320. The third-order valence-electron chi connectivity index (χ3n) is 6.04. The van der Waals surface area contributed by atoms with Crippen molar-refractivity contribution in [1.29, 1.82) is 0 Å². The molecule has 190 valence electrons. The van der Waals surface area contributed by atoms with Crippen LogP contribution in [0.25, 0.3) is 0 Å². The zero-order valence-electron chi connectivity index (χ0n) is 19.2. The van der Waals surface area contributed by atoms with Crippen LogP contribution in [0, 0.1) is 11.7 Å². The van der Waals surface area contributed by atoms with E-state index < -0.39 is 27.5 Å². The van der Waals surface area contributed by atoms with Gasteiger partial charge in [0, 0.05) is 29.6 Å².